The van der Waals surface area contributed by atoms with Crippen molar-refractivity contribution in [3.8, 4) is 0 Å². The zero-order chi connectivity index (χ0) is 12.5. The Kier molecular flexibility index (Phi) is 2.80. The van der Waals surface area contributed by atoms with Crippen molar-refractivity contribution >= 4 is 16.9 Å². The lowest BCUT2D eigenvalue weighted by atomic mass is 9.96. The molecule has 4 nitrogen and oxygen atoms in total. The number of carboxylic acid groups (broad SMARTS) is 1. The van der Waals surface area contributed by atoms with Gasteiger partial charge < -0.3 is 15.4 Å². The van der Waals surface area contributed by atoms with Gasteiger partial charge in [0.1, 0.15) is 0 Å². The number of para-hydroxylation sites is 1. The number of rotatable bonds is 3. The molecule has 0 saturated heterocycles. The van der Waals surface area contributed by atoms with Gasteiger partial charge in [-0.1, -0.05) is 18.2 Å². The Morgan fingerprint density at radius 3 is 3.06 bits per heavy atom. The van der Waals surface area contributed by atoms with E-state index < -0.39 is 5.97 Å². The monoisotopic (exact) mass is 244 g/mol. The molecular formula is C14H16N2O2. The Balaban J connectivity index is 1.97. The topological polar surface area (TPSA) is 65.1 Å². The molecule has 4 heteroatoms. The van der Waals surface area contributed by atoms with Crippen LogP contribution in [0.2, 0.25) is 0 Å². The van der Waals surface area contributed by atoms with E-state index in [2.05, 4.69) is 22.4 Å². The first-order chi connectivity index (χ1) is 8.75. The maximum atomic E-state index is 10.7. The molecule has 94 valence electrons. The fourth-order valence-electron chi connectivity index (χ4n) is 2.78. The van der Waals surface area contributed by atoms with Crippen LogP contribution in [0.1, 0.15) is 30.1 Å². The summed E-state index contributed by atoms with van der Waals surface area (Å²) in [6, 6.07) is 8.40. The average molecular weight is 244 g/mol. The Hall–Kier alpha value is -1.81. The van der Waals surface area contributed by atoms with Crippen LogP contribution in [-0.2, 0) is 11.2 Å². The van der Waals surface area contributed by atoms with Crippen molar-refractivity contribution in [2.45, 2.75) is 25.3 Å². The number of H-pyrrole nitrogens is 1. The minimum absolute atomic E-state index is 0.136. The van der Waals surface area contributed by atoms with Crippen molar-refractivity contribution in [3.63, 3.8) is 0 Å². The number of hydrogen-bond donors (Lipinski definition) is 3. The average Bonchev–Trinajstić information content (AvgIpc) is 2.75. The van der Waals surface area contributed by atoms with Gasteiger partial charge in [0.2, 0.25) is 0 Å². The summed E-state index contributed by atoms with van der Waals surface area (Å²) in [5.41, 5.74) is 3.66. The predicted molar refractivity (Wildman–Crippen MR) is 69.6 cm³/mol. The van der Waals surface area contributed by atoms with E-state index in [4.69, 9.17) is 5.11 Å². The Labute approximate surface area is 105 Å². The number of hydrogen-bond acceptors (Lipinski definition) is 2. The molecule has 0 aliphatic carbocycles. The molecule has 0 bridgehead atoms. The van der Waals surface area contributed by atoms with E-state index in [-0.39, 0.29) is 12.5 Å². The predicted octanol–water partition coefficient (Wildman–Crippen LogP) is 2.22. The highest BCUT2D eigenvalue weighted by Gasteiger charge is 2.23. The summed E-state index contributed by atoms with van der Waals surface area (Å²) in [6.07, 6.45) is 1.84. The maximum Gasteiger partial charge on any atom is 0.303 e. The van der Waals surface area contributed by atoms with Gasteiger partial charge in [0.15, 0.2) is 0 Å². The molecule has 1 aromatic heterocycles. The number of benzene rings is 1. The highest BCUT2D eigenvalue weighted by molar-refractivity contribution is 5.85. The van der Waals surface area contributed by atoms with Gasteiger partial charge in [-0.25, -0.2) is 0 Å². The molecule has 1 aromatic carbocycles. The van der Waals surface area contributed by atoms with Crippen LogP contribution < -0.4 is 5.32 Å². The van der Waals surface area contributed by atoms with Gasteiger partial charge in [0.05, 0.1) is 0 Å². The van der Waals surface area contributed by atoms with Crippen LogP contribution in [0.4, 0.5) is 0 Å². The third-order valence-electron chi connectivity index (χ3n) is 3.61. The summed E-state index contributed by atoms with van der Waals surface area (Å²) in [7, 11) is 0. The minimum Gasteiger partial charge on any atom is -0.481 e. The molecule has 0 radical (unpaired) electrons. The minimum atomic E-state index is -0.736. The molecule has 2 heterocycles. The quantitative estimate of drug-likeness (QED) is 0.775. The maximum absolute atomic E-state index is 10.7. The van der Waals surface area contributed by atoms with E-state index in [9.17, 15) is 4.79 Å². The van der Waals surface area contributed by atoms with Gasteiger partial charge >= 0.3 is 5.97 Å². The van der Waals surface area contributed by atoms with Gasteiger partial charge in [-0.2, -0.15) is 0 Å². The fourth-order valence-corrected chi connectivity index (χ4v) is 2.78. The lowest BCUT2D eigenvalue weighted by molar-refractivity contribution is -0.137. The van der Waals surface area contributed by atoms with Crippen LogP contribution in [0.25, 0.3) is 10.9 Å². The summed E-state index contributed by atoms with van der Waals surface area (Å²) < 4.78 is 0. The van der Waals surface area contributed by atoms with E-state index in [0.717, 1.165) is 18.5 Å². The largest absolute Gasteiger partial charge is 0.481 e. The molecule has 0 amide bonds. The number of nitrogens with one attached hydrogen (secondary N) is 2. The molecular weight excluding hydrogens is 228 g/mol. The first-order valence-electron chi connectivity index (χ1n) is 6.30. The van der Waals surface area contributed by atoms with Crippen LogP contribution in [-0.4, -0.2) is 22.6 Å². The third kappa shape index (κ3) is 1.88. The highest BCUT2D eigenvalue weighted by Crippen LogP contribution is 2.31. The third-order valence-corrected chi connectivity index (χ3v) is 3.61. The van der Waals surface area contributed by atoms with Crippen molar-refractivity contribution in [1.29, 1.82) is 0 Å². The first-order valence-corrected chi connectivity index (χ1v) is 6.30. The molecule has 0 saturated carbocycles. The van der Waals surface area contributed by atoms with Gasteiger partial charge in [-0.05, 0) is 31.0 Å². The van der Waals surface area contributed by atoms with E-state index in [0.29, 0.717) is 6.42 Å². The van der Waals surface area contributed by atoms with E-state index >= 15 is 0 Å². The molecule has 1 aliphatic heterocycles. The molecule has 3 rings (SSSR count). The summed E-state index contributed by atoms with van der Waals surface area (Å²) in [6.45, 7) is 0.916. The van der Waals surface area contributed by atoms with Crippen LogP contribution in [0, 0.1) is 0 Å². The number of aromatic nitrogens is 1. The Morgan fingerprint density at radius 2 is 2.22 bits per heavy atom. The number of aromatic amines is 1. The smallest absolute Gasteiger partial charge is 0.303 e. The molecule has 1 unspecified atom stereocenters. The van der Waals surface area contributed by atoms with Crippen molar-refractivity contribution in [3.05, 3.63) is 35.5 Å². The summed E-state index contributed by atoms with van der Waals surface area (Å²) >= 11 is 0. The van der Waals surface area contributed by atoms with Crippen LogP contribution in [0.15, 0.2) is 24.3 Å². The van der Waals surface area contributed by atoms with E-state index in [1.165, 1.54) is 16.6 Å². The normalized spacial score (nSPS) is 18.8. The van der Waals surface area contributed by atoms with Gasteiger partial charge in [-0.3, -0.25) is 4.79 Å². The zero-order valence-corrected chi connectivity index (χ0v) is 10.1. The number of carbonyl (C=O) groups is 1. The van der Waals surface area contributed by atoms with Gasteiger partial charge in [0.25, 0.3) is 0 Å². The second kappa shape index (κ2) is 4.46. The molecule has 18 heavy (non-hydrogen) atoms. The second-order valence-electron chi connectivity index (χ2n) is 4.75. The number of fused-ring (bicyclic) bond motifs is 3. The van der Waals surface area contributed by atoms with E-state index in [1.54, 1.807) is 0 Å². The molecule has 1 aliphatic rings. The van der Waals surface area contributed by atoms with Crippen molar-refractivity contribution < 1.29 is 9.90 Å². The molecule has 0 spiro atoms. The molecule has 2 aromatic rings. The lowest BCUT2D eigenvalue weighted by Crippen LogP contribution is -2.30. The SMILES string of the molecule is O=C(O)CCC1NCCc2c1[nH]c1ccccc21. The van der Waals surface area contributed by atoms with Crippen LogP contribution >= 0.6 is 0 Å². The zero-order valence-electron chi connectivity index (χ0n) is 10.1. The standard InChI is InChI=1S/C14H16N2O2/c17-13(18)6-5-12-14-10(7-8-15-12)9-3-1-2-4-11(9)16-14/h1-4,12,15-16H,5-8H2,(H,17,18). The Morgan fingerprint density at radius 1 is 1.39 bits per heavy atom. The highest BCUT2D eigenvalue weighted by atomic mass is 16.4. The summed E-state index contributed by atoms with van der Waals surface area (Å²) in [5, 5.41) is 13.5. The fraction of sp³-hybridized carbons (Fsp3) is 0.357. The molecule has 1 atom stereocenters. The van der Waals surface area contributed by atoms with Gasteiger partial charge in [0, 0.05) is 29.1 Å². The summed E-state index contributed by atoms with van der Waals surface area (Å²) in [5.74, 6) is -0.736. The van der Waals surface area contributed by atoms with Crippen molar-refractivity contribution in [1.82, 2.24) is 10.3 Å². The number of aliphatic carboxylic acids is 1. The van der Waals surface area contributed by atoms with Crippen molar-refractivity contribution in [2.24, 2.45) is 0 Å². The lowest BCUT2D eigenvalue weighted by Gasteiger charge is -2.23. The van der Waals surface area contributed by atoms with Crippen LogP contribution in [0.5, 0.6) is 0 Å². The molecule has 0 fully saturated rings. The summed E-state index contributed by atoms with van der Waals surface area (Å²) in [4.78, 5) is 14.1. The Bertz CT molecular complexity index is 588. The second-order valence-corrected chi connectivity index (χ2v) is 4.75. The van der Waals surface area contributed by atoms with Crippen molar-refractivity contribution in [2.75, 3.05) is 6.54 Å². The first kappa shape index (κ1) is 11.3. The van der Waals surface area contributed by atoms with Gasteiger partial charge in [-0.15, -0.1) is 0 Å². The van der Waals surface area contributed by atoms with E-state index in [1.807, 2.05) is 12.1 Å². The molecule has 3 N–H and O–H groups in total. The van der Waals surface area contributed by atoms with Crippen LogP contribution in [0.3, 0.4) is 0 Å². The number of carboxylic acids is 1.